The van der Waals surface area contributed by atoms with E-state index in [1.807, 2.05) is 19.1 Å². The molecule has 1 heterocycles. The molecule has 2 rings (SSSR count). The van der Waals surface area contributed by atoms with E-state index in [0.29, 0.717) is 22.7 Å². The Morgan fingerprint density at radius 2 is 2.15 bits per heavy atom. The van der Waals surface area contributed by atoms with E-state index in [0.717, 1.165) is 5.56 Å². The van der Waals surface area contributed by atoms with Crippen LogP contribution in [0.2, 0.25) is 0 Å². The van der Waals surface area contributed by atoms with Gasteiger partial charge in [-0.3, -0.25) is 4.79 Å². The van der Waals surface area contributed by atoms with Gasteiger partial charge >= 0.3 is 0 Å². The Kier molecular flexibility index (Phi) is 3.96. The van der Waals surface area contributed by atoms with Gasteiger partial charge in [-0.25, -0.2) is 4.98 Å². The van der Waals surface area contributed by atoms with E-state index < -0.39 is 0 Å². The Hall–Kier alpha value is -2.87. The van der Waals surface area contributed by atoms with E-state index in [9.17, 15) is 4.79 Å². The molecular weight excluding hydrogens is 254 g/mol. The fourth-order valence-electron chi connectivity index (χ4n) is 1.68. The third-order valence-electron chi connectivity index (χ3n) is 2.80. The molecular formula is C15H13N3O2. The molecule has 100 valence electrons. The molecule has 0 bridgehead atoms. The number of ether oxygens (including phenoxy) is 1. The summed E-state index contributed by atoms with van der Waals surface area (Å²) in [7, 11) is 1.56. The quantitative estimate of drug-likeness (QED) is 0.927. The van der Waals surface area contributed by atoms with Crippen molar-refractivity contribution in [2.75, 3.05) is 12.4 Å². The average Bonchev–Trinajstić information content (AvgIpc) is 2.48. The SMILES string of the molecule is COc1cc(C(=O)Nc2ccc(C#N)cn2)ccc1C. The standard InChI is InChI=1S/C15H13N3O2/c1-10-3-5-12(7-13(10)20-2)15(19)18-14-6-4-11(8-16)9-17-14/h3-7,9H,1-2H3,(H,17,18,19). The maximum atomic E-state index is 12.1. The van der Waals surface area contributed by atoms with Crippen molar-refractivity contribution in [2.24, 2.45) is 0 Å². The third-order valence-corrected chi connectivity index (χ3v) is 2.80. The average molecular weight is 267 g/mol. The highest BCUT2D eigenvalue weighted by Gasteiger charge is 2.09. The molecule has 0 fully saturated rings. The predicted octanol–water partition coefficient (Wildman–Crippen LogP) is 2.52. The van der Waals surface area contributed by atoms with Crippen LogP contribution < -0.4 is 10.1 Å². The Labute approximate surface area is 116 Å². The maximum Gasteiger partial charge on any atom is 0.256 e. The van der Waals surface area contributed by atoms with E-state index in [1.54, 1.807) is 31.4 Å². The molecule has 0 radical (unpaired) electrons. The summed E-state index contributed by atoms with van der Waals surface area (Å²) in [6.45, 7) is 1.91. The molecule has 0 unspecified atom stereocenters. The summed E-state index contributed by atoms with van der Waals surface area (Å²) in [6.07, 6.45) is 1.41. The minimum Gasteiger partial charge on any atom is -0.496 e. The number of hydrogen-bond donors (Lipinski definition) is 1. The number of carbonyl (C=O) groups excluding carboxylic acids is 1. The Balaban J connectivity index is 2.17. The molecule has 1 aromatic carbocycles. The first kappa shape index (κ1) is 13.6. The van der Waals surface area contributed by atoms with Crippen molar-refractivity contribution >= 4 is 11.7 Å². The summed E-state index contributed by atoms with van der Waals surface area (Å²) in [5.41, 5.74) is 1.89. The van der Waals surface area contributed by atoms with Gasteiger partial charge in [0.2, 0.25) is 0 Å². The number of pyridine rings is 1. The van der Waals surface area contributed by atoms with Crippen molar-refractivity contribution in [1.82, 2.24) is 4.98 Å². The van der Waals surface area contributed by atoms with Gasteiger partial charge in [0, 0.05) is 11.8 Å². The summed E-state index contributed by atoms with van der Waals surface area (Å²) < 4.78 is 5.18. The zero-order valence-corrected chi connectivity index (χ0v) is 11.2. The normalized spacial score (nSPS) is 9.65. The molecule has 20 heavy (non-hydrogen) atoms. The van der Waals surface area contributed by atoms with E-state index in [-0.39, 0.29) is 5.91 Å². The van der Waals surface area contributed by atoms with Crippen LogP contribution in [0.5, 0.6) is 5.75 Å². The molecule has 0 saturated carbocycles. The topological polar surface area (TPSA) is 75.0 Å². The van der Waals surface area contributed by atoms with Crippen LogP contribution in [0.15, 0.2) is 36.5 Å². The minimum atomic E-state index is -0.277. The van der Waals surface area contributed by atoms with Crippen molar-refractivity contribution in [3.8, 4) is 11.8 Å². The lowest BCUT2D eigenvalue weighted by Gasteiger charge is -2.08. The van der Waals surface area contributed by atoms with Crippen molar-refractivity contribution < 1.29 is 9.53 Å². The van der Waals surface area contributed by atoms with Gasteiger partial charge in [0.05, 0.1) is 12.7 Å². The van der Waals surface area contributed by atoms with E-state index in [4.69, 9.17) is 10.00 Å². The van der Waals surface area contributed by atoms with Crippen LogP contribution in [0.3, 0.4) is 0 Å². The molecule has 0 saturated heterocycles. The number of aryl methyl sites for hydroxylation is 1. The molecule has 1 amide bonds. The number of methoxy groups -OCH3 is 1. The van der Waals surface area contributed by atoms with Crippen LogP contribution in [0.25, 0.3) is 0 Å². The lowest BCUT2D eigenvalue weighted by atomic mass is 10.1. The van der Waals surface area contributed by atoms with Gasteiger partial charge in [-0.05, 0) is 36.8 Å². The van der Waals surface area contributed by atoms with E-state index >= 15 is 0 Å². The minimum absolute atomic E-state index is 0.277. The summed E-state index contributed by atoms with van der Waals surface area (Å²) in [5.74, 6) is 0.777. The van der Waals surface area contributed by atoms with Crippen LogP contribution in [-0.4, -0.2) is 18.0 Å². The number of benzene rings is 1. The Morgan fingerprint density at radius 1 is 1.35 bits per heavy atom. The zero-order valence-electron chi connectivity index (χ0n) is 11.2. The van der Waals surface area contributed by atoms with Crippen molar-refractivity contribution in [1.29, 1.82) is 5.26 Å². The fourth-order valence-corrected chi connectivity index (χ4v) is 1.68. The molecule has 0 aliphatic carbocycles. The second kappa shape index (κ2) is 5.85. The van der Waals surface area contributed by atoms with E-state index in [1.165, 1.54) is 6.20 Å². The van der Waals surface area contributed by atoms with Crippen LogP contribution in [-0.2, 0) is 0 Å². The van der Waals surface area contributed by atoms with Crippen LogP contribution >= 0.6 is 0 Å². The number of nitriles is 1. The van der Waals surface area contributed by atoms with Gasteiger partial charge in [0.15, 0.2) is 0 Å². The molecule has 0 aliphatic rings. The molecule has 5 nitrogen and oxygen atoms in total. The van der Waals surface area contributed by atoms with Gasteiger partial charge in [-0.1, -0.05) is 6.07 Å². The van der Waals surface area contributed by atoms with Crippen molar-refractivity contribution in [3.05, 3.63) is 53.2 Å². The number of carbonyl (C=O) groups is 1. The molecule has 0 atom stereocenters. The molecule has 1 N–H and O–H groups in total. The van der Waals surface area contributed by atoms with Crippen molar-refractivity contribution in [3.63, 3.8) is 0 Å². The van der Waals surface area contributed by atoms with Crippen LogP contribution in [0, 0.1) is 18.3 Å². The first-order valence-corrected chi connectivity index (χ1v) is 5.96. The van der Waals surface area contributed by atoms with Gasteiger partial charge in [0.25, 0.3) is 5.91 Å². The fraction of sp³-hybridized carbons (Fsp3) is 0.133. The molecule has 0 aliphatic heterocycles. The van der Waals surface area contributed by atoms with Gasteiger partial charge in [0.1, 0.15) is 17.6 Å². The number of amides is 1. The lowest BCUT2D eigenvalue weighted by Crippen LogP contribution is -2.13. The van der Waals surface area contributed by atoms with Crippen LogP contribution in [0.1, 0.15) is 21.5 Å². The Morgan fingerprint density at radius 3 is 2.75 bits per heavy atom. The van der Waals surface area contributed by atoms with Crippen LogP contribution in [0.4, 0.5) is 5.82 Å². The third kappa shape index (κ3) is 2.93. The first-order valence-electron chi connectivity index (χ1n) is 5.96. The maximum absolute atomic E-state index is 12.1. The summed E-state index contributed by atoms with van der Waals surface area (Å²) in [5, 5.41) is 11.3. The summed E-state index contributed by atoms with van der Waals surface area (Å²) >= 11 is 0. The molecule has 0 spiro atoms. The molecule has 2 aromatic rings. The smallest absolute Gasteiger partial charge is 0.256 e. The van der Waals surface area contributed by atoms with E-state index in [2.05, 4.69) is 10.3 Å². The number of rotatable bonds is 3. The number of nitrogens with one attached hydrogen (secondary N) is 1. The van der Waals surface area contributed by atoms with Crippen molar-refractivity contribution in [2.45, 2.75) is 6.92 Å². The summed E-state index contributed by atoms with van der Waals surface area (Å²) in [6, 6.07) is 10.4. The highest BCUT2D eigenvalue weighted by Crippen LogP contribution is 2.19. The summed E-state index contributed by atoms with van der Waals surface area (Å²) in [4.78, 5) is 16.1. The number of anilines is 1. The highest BCUT2D eigenvalue weighted by atomic mass is 16.5. The highest BCUT2D eigenvalue weighted by molar-refractivity contribution is 6.04. The second-order valence-corrected chi connectivity index (χ2v) is 4.18. The Bertz CT molecular complexity index is 673. The monoisotopic (exact) mass is 267 g/mol. The number of nitrogens with zero attached hydrogens (tertiary/aromatic N) is 2. The lowest BCUT2D eigenvalue weighted by molar-refractivity contribution is 0.102. The zero-order chi connectivity index (χ0) is 14.5. The van der Waals surface area contributed by atoms with Gasteiger partial charge < -0.3 is 10.1 Å². The number of hydrogen-bond acceptors (Lipinski definition) is 4. The largest absolute Gasteiger partial charge is 0.496 e. The molecule has 5 heteroatoms. The first-order chi connectivity index (χ1) is 9.63. The molecule has 1 aromatic heterocycles. The predicted molar refractivity (Wildman–Crippen MR) is 74.6 cm³/mol. The van der Waals surface area contributed by atoms with Gasteiger partial charge in [-0.2, -0.15) is 5.26 Å². The second-order valence-electron chi connectivity index (χ2n) is 4.18. The number of aromatic nitrogens is 1. The van der Waals surface area contributed by atoms with Gasteiger partial charge in [-0.15, -0.1) is 0 Å².